The molecule has 0 heterocycles. The van der Waals surface area contributed by atoms with Gasteiger partial charge in [-0.25, -0.2) is 0 Å². The van der Waals surface area contributed by atoms with E-state index < -0.39 is 0 Å². The molecule has 17 heavy (non-hydrogen) atoms. The molecule has 0 saturated carbocycles. The van der Waals surface area contributed by atoms with Gasteiger partial charge in [0.1, 0.15) is 17.3 Å². The van der Waals surface area contributed by atoms with E-state index in [1.807, 2.05) is 24.3 Å². The Morgan fingerprint density at radius 1 is 1.12 bits per heavy atom. The fourth-order valence-electron chi connectivity index (χ4n) is 2.02. The van der Waals surface area contributed by atoms with E-state index in [1.165, 1.54) is 5.57 Å². The minimum Gasteiger partial charge on any atom is -0.497 e. The summed E-state index contributed by atoms with van der Waals surface area (Å²) in [6, 6.07) is 5.72. The molecule has 0 bridgehead atoms. The summed E-state index contributed by atoms with van der Waals surface area (Å²) in [4.78, 5) is 11.2. The van der Waals surface area contributed by atoms with Gasteiger partial charge in [-0.2, -0.15) is 0 Å². The van der Waals surface area contributed by atoms with E-state index in [-0.39, 0.29) is 0 Å². The largest absolute Gasteiger partial charge is 0.497 e. The van der Waals surface area contributed by atoms with Crippen LogP contribution in [0.2, 0.25) is 0 Å². The molecule has 0 aromatic heterocycles. The zero-order chi connectivity index (χ0) is 12.3. The van der Waals surface area contributed by atoms with Gasteiger partial charge in [-0.05, 0) is 30.2 Å². The first-order chi connectivity index (χ1) is 8.24. The Bertz CT molecular complexity index is 461. The number of allylic oxidation sites excluding steroid dienone is 2. The Balaban J connectivity index is 2.38. The molecule has 0 radical (unpaired) electrons. The van der Waals surface area contributed by atoms with Crippen molar-refractivity contribution in [3.05, 3.63) is 29.8 Å². The lowest BCUT2D eigenvalue weighted by Crippen LogP contribution is -2.04. The van der Waals surface area contributed by atoms with Crippen LogP contribution in [0.3, 0.4) is 0 Å². The average Bonchev–Trinajstić information content (AvgIpc) is 2.39. The van der Waals surface area contributed by atoms with Crippen molar-refractivity contribution in [2.24, 2.45) is 0 Å². The van der Waals surface area contributed by atoms with E-state index in [9.17, 15) is 4.79 Å². The Kier molecular flexibility index (Phi) is 3.47. The maximum Gasteiger partial charge on any atom is 0.137 e. The van der Waals surface area contributed by atoms with Crippen molar-refractivity contribution < 1.29 is 14.3 Å². The lowest BCUT2D eigenvalue weighted by atomic mass is 9.92. The smallest absolute Gasteiger partial charge is 0.137 e. The van der Waals surface area contributed by atoms with E-state index in [4.69, 9.17) is 9.47 Å². The highest BCUT2D eigenvalue weighted by atomic mass is 16.5. The highest BCUT2D eigenvalue weighted by Crippen LogP contribution is 2.34. The summed E-state index contributed by atoms with van der Waals surface area (Å²) in [5.74, 6) is 1.93. The van der Waals surface area contributed by atoms with E-state index in [0.29, 0.717) is 18.6 Å². The highest BCUT2D eigenvalue weighted by Gasteiger charge is 2.15. The fourth-order valence-corrected chi connectivity index (χ4v) is 2.02. The van der Waals surface area contributed by atoms with Crippen molar-refractivity contribution in [2.45, 2.75) is 19.3 Å². The van der Waals surface area contributed by atoms with Gasteiger partial charge in [-0.1, -0.05) is 6.08 Å². The topological polar surface area (TPSA) is 35.5 Å². The molecule has 1 aromatic carbocycles. The molecule has 0 aliphatic heterocycles. The maximum absolute atomic E-state index is 11.2. The van der Waals surface area contributed by atoms with Crippen molar-refractivity contribution in [1.82, 2.24) is 0 Å². The van der Waals surface area contributed by atoms with Crippen LogP contribution in [0.15, 0.2) is 24.3 Å². The normalized spacial score (nSPS) is 15.4. The number of hydrogen-bond donors (Lipinski definition) is 0. The molecule has 0 atom stereocenters. The lowest BCUT2D eigenvalue weighted by molar-refractivity contribution is -0.118. The zero-order valence-corrected chi connectivity index (χ0v) is 10.2. The molecular weight excluding hydrogens is 216 g/mol. The van der Waals surface area contributed by atoms with Gasteiger partial charge in [-0.15, -0.1) is 0 Å². The summed E-state index contributed by atoms with van der Waals surface area (Å²) in [7, 11) is 3.30. The number of carbonyl (C=O) groups excluding carboxylic acids is 1. The summed E-state index contributed by atoms with van der Waals surface area (Å²) in [6.07, 6.45) is 3.91. The number of ether oxygens (including phenoxy) is 2. The van der Waals surface area contributed by atoms with Crippen LogP contribution in [0, 0.1) is 0 Å². The lowest BCUT2D eigenvalue weighted by Gasteiger charge is -2.16. The quantitative estimate of drug-likeness (QED) is 0.803. The molecule has 0 saturated heterocycles. The standard InChI is InChI=1S/C14H16O3/c1-16-12-7-8-14(17-2)13(9-12)10-3-5-11(15)6-4-10/h3,7-9H,4-6H2,1-2H3. The van der Waals surface area contributed by atoms with Crippen molar-refractivity contribution in [3.63, 3.8) is 0 Å². The third-order valence-corrected chi connectivity index (χ3v) is 3.00. The van der Waals surface area contributed by atoms with Gasteiger partial charge in [-0.3, -0.25) is 4.79 Å². The van der Waals surface area contributed by atoms with Crippen LogP contribution in [0.4, 0.5) is 0 Å². The van der Waals surface area contributed by atoms with Crippen molar-refractivity contribution in [1.29, 1.82) is 0 Å². The molecule has 3 heteroatoms. The second-order valence-electron chi connectivity index (χ2n) is 4.04. The summed E-state index contributed by atoms with van der Waals surface area (Å²) in [6.45, 7) is 0. The highest BCUT2D eigenvalue weighted by molar-refractivity contribution is 5.87. The van der Waals surface area contributed by atoms with Gasteiger partial charge in [0.15, 0.2) is 0 Å². The number of benzene rings is 1. The predicted molar refractivity (Wildman–Crippen MR) is 66.4 cm³/mol. The van der Waals surface area contributed by atoms with Gasteiger partial charge in [0, 0.05) is 18.4 Å². The molecule has 1 aliphatic rings. The molecule has 0 fully saturated rings. The molecule has 0 amide bonds. The summed E-state index contributed by atoms with van der Waals surface area (Å²) < 4.78 is 10.6. The minimum absolute atomic E-state index is 0.301. The number of carbonyl (C=O) groups is 1. The number of Topliss-reactive ketones (excluding diaryl/α,β-unsaturated/α-hetero) is 1. The molecule has 2 rings (SSSR count). The van der Waals surface area contributed by atoms with Crippen LogP contribution in [0.5, 0.6) is 11.5 Å². The van der Waals surface area contributed by atoms with Gasteiger partial charge in [0.05, 0.1) is 14.2 Å². The van der Waals surface area contributed by atoms with Gasteiger partial charge in [0.2, 0.25) is 0 Å². The first kappa shape index (κ1) is 11.7. The van der Waals surface area contributed by atoms with Crippen LogP contribution in [-0.2, 0) is 4.79 Å². The molecule has 3 nitrogen and oxygen atoms in total. The van der Waals surface area contributed by atoms with E-state index in [2.05, 4.69) is 0 Å². The molecule has 90 valence electrons. The summed E-state index contributed by atoms with van der Waals surface area (Å²) in [5.41, 5.74) is 2.19. The Labute approximate surface area is 101 Å². The van der Waals surface area contributed by atoms with Crippen molar-refractivity contribution in [2.75, 3.05) is 14.2 Å². The van der Waals surface area contributed by atoms with Crippen LogP contribution in [0.1, 0.15) is 24.8 Å². The Morgan fingerprint density at radius 2 is 1.94 bits per heavy atom. The zero-order valence-electron chi connectivity index (χ0n) is 10.2. The SMILES string of the molecule is COc1ccc(OC)c(C2=CCC(=O)CC2)c1. The first-order valence-electron chi connectivity index (χ1n) is 5.67. The third kappa shape index (κ3) is 2.49. The summed E-state index contributed by atoms with van der Waals surface area (Å²) >= 11 is 0. The fraction of sp³-hybridized carbons (Fsp3) is 0.357. The predicted octanol–water partition coefficient (Wildman–Crippen LogP) is 2.84. The molecular formula is C14H16O3. The van der Waals surface area contributed by atoms with E-state index in [1.54, 1.807) is 14.2 Å². The number of ketones is 1. The van der Waals surface area contributed by atoms with Crippen molar-refractivity contribution in [3.8, 4) is 11.5 Å². The van der Waals surface area contributed by atoms with E-state index >= 15 is 0 Å². The number of hydrogen-bond acceptors (Lipinski definition) is 3. The van der Waals surface area contributed by atoms with Crippen LogP contribution in [-0.4, -0.2) is 20.0 Å². The van der Waals surface area contributed by atoms with Gasteiger partial charge >= 0.3 is 0 Å². The third-order valence-electron chi connectivity index (χ3n) is 3.00. The maximum atomic E-state index is 11.2. The number of methoxy groups -OCH3 is 2. The monoisotopic (exact) mass is 232 g/mol. The van der Waals surface area contributed by atoms with E-state index in [0.717, 1.165) is 23.5 Å². The molecule has 1 aromatic rings. The molecule has 1 aliphatic carbocycles. The number of rotatable bonds is 3. The molecule has 0 N–H and O–H groups in total. The van der Waals surface area contributed by atoms with Crippen LogP contribution < -0.4 is 9.47 Å². The molecule has 0 unspecified atom stereocenters. The second kappa shape index (κ2) is 5.04. The van der Waals surface area contributed by atoms with Gasteiger partial charge in [0.25, 0.3) is 0 Å². The summed E-state index contributed by atoms with van der Waals surface area (Å²) in [5, 5.41) is 0. The Morgan fingerprint density at radius 3 is 2.53 bits per heavy atom. The van der Waals surface area contributed by atoms with Crippen LogP contribution >= 0.6 is 0 Å². The minimum atomic E-state index is 0.301. The average molecular weight is 232 g/mol. The first-order valence-corrected chi connectivity index (χ1v) is 5.67. The van der Waals surface area contributed by atoms with Crippen molar-refractivity contribution >= 4 is 11.4 Å². The van der Waals surface area contributed by atoms with Crippen LogP contribution in [0.25, 0.3) is 5.57 Å². The molecule has 0 spiro atoms. The second-order valence-corrected chi connectivity index (χ2v) is 4.04. The Hall–Kier alpha value is -1.77. The van der Waals surface area contributed by atoms with Gasteiger partial charge < -0.3 is 9.47 Å².